The average molecular weight is 357 g/mol. The van der Waals surface area contributed by atoms with Gasteiger partial charge in [0.2, 0.25) is 5.43 Å². The maximum Gasteiger partial charge on any atom is 0.259 e. The maximum atomic E-state index is 12.7. The lowest BCUT2D eigenvalue weighted by molar-refractivity contribution is 0.0783. The van der Waals surface area contributed by atoms with Crippen LogP contribution < -0.4 is 5.43 Å². The Morgan fingerprint density at radius 2 is 1.84 bits per heavy atom. The molecule has 128 valence electrons. The monoisotopic (exact) mass is 356 g/mol. The van der Waals surface area contributed by atoms with Crippen LogP contribution in [0.5, 0.6) is 0 Å². The number of halogens is 1. The van der Waals surface area contributed by atoms with Crippen molar-refractivity contribution in [1.82, 2.24) is 9.88 Å². The number of aliphatic hydroxyl groups is 1. The highest BCUT2D eigenvalue weighted by Crippen LogP contribution is 2.14. The van der Waals surface area contributed by atoms with Gasteiger partial charge in [0.05, 0.1) is 6.61 Å². The van der Waals surface area contributed by atoms with E-state index in [0.29, 0.717) is 28.0 Å². The molecule has 1 amide bonds. The Labute approximate surface area is 149 Å². The summed E-state index contributed by atoms with van der Waals surface area (Å²) in [5, 5.41) is 10.3. The second-order valence-corrected chi connectivity index (χ2v) is 6.29. The molecule has 2 N–H and O–H groups in total. The predicted octanol–water partition coefficient (Wildman–Crippen LogP) is 2.95. The number of pyridine rings is 1. The van der Waals surface area contributed by atoms with E-state index in [-0.39, 0.29) is 23.5 Å². The van der Waals surface area contributed by atoms with Crippen LogP contribution in [0.1, 0.15) is 21.5 Å². The summed E-state index contributed by atoms with van der Waals surface area (Å²) in [7, 11) is 1.64. The summed E-state index contributed by atoms with van der Waals surface area (Å²) in [6, 6.07) is 12.2. The van der Waals surface area contributed by atoms with E-state index >= 15 is 0 Å². The highest BCUT2D eigenvalue weighted by molar-refractivity contribution is 6.30. The van der Waals surface area contributed by atoms with Crippen molar-refractivity contribution in [3.05, 3.63) is 80.6 Å². The molecule has 0 aliphatic heterocycles. The molecule has 0 atom stereocenters. The summed E-state index contributed by atoms with van der Waals surface area (Å²) in [6.07, 6.45) is 1.43. The molecule has 25 heavy (non-hydrogen) atoms. The highest BCUT2D eigenvalue weighted by Gasteiger charge is 2.17. The van der Waals surface area contributed by atoms with Crippen molar-refractivity contribution >= 4 is 28.4 Å². The molecule has 0 saturated carbocycles. The first-order chi connectivity index (χ1) is 12.0. The molecule has 3 rings (SSSR count). The molecular weight excluding hydrogens is 340 g/mol. The molecule has 0 radical (unpaired) electrons. The first-order valence-corrected chi connectivity index (χ1v) is 8.12. The number of H-pyrrole nitrogens is 1. The number of benzene rings is 2. The van der Waals surface area contributed by atoms with Crippen LogP contribution in [0.2, 0.25) is 5.02 Å². The van der Waals surface area contributed by atoms with Gasteiger partial charge in [-0.25, -0.2) is 0 Å². The molecule has 0 saturated heterocycles. The Bertz CT molecular complexity index is 980. The maximum absolute atomic E-state index is 12.7. The Morgan fingerprint density at radius 1 is 1.16 bits per heavy atom. The molecule has 0 aliphatic rings. The van der Waals surface area contributed by atoms with Gasteiger partial charge in [-0.1, -0.05) is 29.8 Å². The van der Waals surface area contributed by atoms with Gasteiger partial charge < -0.3 is 15.0 Å². The van der Waals surface area contributed by atoms with Gasteiger partial charge in [0.25, 0.3) is 5.91 Å². The van der Waals surface area contributed by atoms with Crippen molar-refractivity contribution in [2.45, 2.75) is 13.2 Å². The fourth-order valence-electron chi connectivity index (χ4n) is 2.66. The zero-order valence-corrected chi connectivity index (χ0v) is 14.4. The molecule has 0 aliphatic carbocycles. The molecular formula is C19H17ClN2O3. The molecule has 2 aromatic carbocycles. The van der Waals surface area contributed by atoms with E-state index in [0.717, 1.165) is 5.56 Å². The number of nitrogens with zero attached hydrogens (tertiary/aromatic N) is 1. The molecule has 1 aromatic heterocycles. The van der Waals surface area contributed by atoms with E-state index in [1.54, 1.807) is 37.4 Å². The van der Waals surface area contributed by atoms with E-state index in [1.165, 1.54) is 11.1 Å². The summed E-state index contributed by atoms with van der Waals surface area (Å²) in [5.74, 6) is -0.368. The van der Waals surface area contributed by atoms with Gasteiger partial charge in [0.15, 0.2) is 0 Å². The van der Waals surface area contributed by atoms with Crippen LogP contribution in [-0.4, -0.2) is 27.9 Å². The molecule has 0 unspecified atom stereocenters. The molecule has 3 aromatic rings. The predicted molar refractivity (Wildman–Crippen MR) is 97.7 cm³/mol. The third-order valence-corrected chi connectivity index (χ3v) is 4.29. The lowest BCUT2D eigenvalue weighted by Gasteiger charge is -2.17. The zero-order chi connectivity index (χ0) is 18.0. The number of fused-ring (bicyclic) bond motifs is 1. The summed E-state index contributed by atoms with van der Waals surface area (Å²) >= 11 is 5.86. The minimum Gasteiger partial charge on any atom is -0.392 e. The number of rotatable bonds is 4. The van der Waals surface area contributed by atoms with Gasteiger partial charge in [0, 0.05) is 35.7 Å². The first kappa shape index (κ1) is 17.2. The van der Waals surface area contributed by atoms with Crippen molar-refractivity contribution in [2.75, 3.05) is 7.05 Å². The standard InChI is InChI=1S/C19H17ClN2O3/c1-22(10-12-2-5-14(20)6-3-12)19(25)16-9-21-17-7-4-13(11-23)8-15(17)18(16)24/h2-9,23H,10-11H2,1H3,(H,21,24). The molecule has 1 heterocycles. The van der Waals surface area contributed by atoms with E-state index < -0.39 is 0 Å². The summed E-state index contributed by atoms with van der Waals surface area (Å²) in [4.78, 5) is 29.8. The number of aliphatic hydroxyl groups excluding tert-OH is 1. The van der Waals surface area contributed by atoms with E-state index in [9.17, 15) is 14.7 Å². The van der Waals surface area contributed by atoms with E-state index in [1.807, 2.05) is 12.1 Å². The van der Waals surface area contributed by atoms with Crippen LogP contribution in [0, 0.1) is 0 Å². The molecule has 0 fully saturated rings. The number of aromatic nitrogens is 1. The van der Waals surface area contributed by atoms with Crippen LogP contribution in [0.4, 0.5) is 0 Å². The van der Waals surface area contributed by atoms with Gasteiger partial charge in [-0.15, -0.1) is 0 Å². The van der Waals surface area contributed by atoms with Crippen LogP contribution in [0.25, 0.3) is 10.9 Å². The van der Waals surface area contributed by atoms with Gasteiger partial charge in [-0.3, -0.25) is 9.59 Å². The Balaban J connectivity index is 1.92. The van der Waals surface area contributed by atoms with E-state index in [2.05, 4.69) is 4.98 Å². The Kier molecular flexibility index (Phi) is 4.88. The van der Waals surface area contributed by atoms with Crippen LogP contribution in [0.3, 0.4) is 0 Å². The van der Waals surface area contributed by atoms with Gasteiger partial charge >= 0.3 is 0 Å². The minimum atomic E-state index is -0.368. The van der Waals surface area contributed by atoms with Crippen molar-refractivity contribution in [3.8, 4) is 0 Å². The minimum absolute atomic E-state index is 0.0686. The quantitative estimate of drug-likeness (QED) is 0.754. The van der Waals surface area contributed by atoms with Crippen LogP contribution in [-0.2, 0) is 13.2 Å². The Morgan fingerprint density at radius 3 is 2.52 bits per heavy atom. The third kappa shape index (κ3) is 3.57. The largest absolute Gasteiger partial charge is 0.392 e. The fourth-order valence-corrected chi connectivity index (χ4v) is 2.79. The van der Waals surface area contributed by atoms with Gasteiger partial charge in [-0.2, -0.15) is 0 Å². The summed E-state index contributed by atoms with van der Waals surface area (Å²) < 4.78 is 0. The number of carbonyl (C=O) groups excluding carboxylic acids is 1. The Hall–Kier alpha value is -2.63. The molecule has 6 heteroatoms. The van der Waals surface area contributed by atoms with Crippen molar-refractivity contribution < 1.29 is 9.90 Å². The average Bonchev–Trinajstić information content (AvgIpc) is 2.63. The number of carbonyl (C=O) groups is 1. The fraction of sp³-hybridized carbons (Fsp3) is 0.158. The lowest BCUT2D eigenvalue weighted by Crippen LogP contribution is -2.30. The molecule has 5 nitrogen and oxygen atoms in total. The first-order valence-electron chi connectivity index (χ1n) is 7.74. The number of nitrogens with one attached hydrogen (secondary N) is 1. The topological polar surface area (TPSA) is 73.4 Å². The second kappa shape index (κ2) is 7.09. The third-order valence-electron chi connectivity index (χ3n) is 4.04. The van der Waals surface area contributed by atoms with Crippen LogP contribution in [0.15, 0.2) is 53.5 Å². The zero-order valence-electron chi connectivity index (χ0n) is 13.6. The van der Waals surface area contributed by atoms with Crippen LogP contribution >= 0.6 is 11.6 Å². The summed E-state index contributed by atoms with van der Waals surface area (Å²) in [6.45, 7) is 0.203. The van der Waals surface area contributed by atoms with Crippen molar-refractivity contribution in [2.24, 2.45) is 0 Å². The molecule has 0 spiro atoms. The number of aromatic amines is 1. The van der Waals surface area contributed by atoms with E-state index in [4.69, 9.17) is 11.6 Å². The SMILES string of the molecule is CN(Cc1ccc(Cl)cc1)C(=O)c1c[nH]c2ccc(CO)cc2c1=O. The number of amides is 1. The number of hydrogen-bond acceptors (Lipinski definition) is 3. The van der Waals surface area contributed by atoms with Crippen molar-refractivity contribution in [1.29, 1.82) is 0 Å². The second-order valence-electron chi connectivity index (χ2n) is 5.86. The highest BCUT2D eigenvalue weighted by atomic mass is 35.5. The van der Waals surface area contributed by atoms with Gasteiger partial charge in [-0.05, 0) is 35.4 Å². The lowest BCUT2D eigenvalue weighted by atomic mass is 10.1. The smallest absolute Gasteiger partial charge is 0.259 e. The van der Waals surface area contributed by atoms with Gasteiger partial charge in [0.1, 0.15) is 5.56 Å². The molecule has 0 bridgehead atoms. The van der Waals surface area contributed by atoms with Crippen molar-refractivity contribution in [3.63, 3.8) is 0 Å². The normalized spacial score (nSPS) is 10.8. The summed E-state index contributed by atoms with van der Waals surface area (Å²) in [5.41, 5.74) is 1.88. The number of hydrogen-bond donors (Lipinski definition) is 2.